The molecule has 1 saturated heterocycles. The molecule has 2 fully saturated rings. The summed E-state index contributed by atoms with van der Waals surface area (Å²) in [4.78, 5) is 25.9. The standard InChI is InChI=1S/C16H19FN2O2/c1-10-6-7-12(17)13(8-10)18-14-9-15(20)19(16(14)21)11-4-2-3-5-11/h6-8,11,14,18H,2-5,9H2,1H3. The van der Waals surface area contributed by atoms with Crippen molar-refractivity contribution in [3.63, 3.8) is 0 Å². The molecular weight excluding hydrogens is 271 g/mol. The minimum atomic E-state index is -0.644. The molecule has 1 aliphatic carbocycles. The number of carbonyl (C=O) groups excluding carboxylic acids is 2. The van der Waals surface area contributed by atoms with Gasteiger partial charge in [0.15, 0.2) is 0 Å². The van der Waals surface area contributed by atoms with Crippen LogP contribution in [0.3, 0.4) is 0 Å². The molecule has 0 spiro atoms. The van der Waals surface area contributed by atoms with Gasteiger partial charge in [-0.3, -0.25) is 14.5 Å². The summed E-state index contributed by atoms with van der Waals surface area (Å²) in [5.41, 5.74) is 1.19. The van der Waals surface area contributed by atoms with Gasteiger partial charge in [0.1, 0.15) is 11.9 Å². The highest BCUT2D eigenvalue weighted by atomic mass is 19.1. The fraction of sp³-hybridized carbons (Fsp3) is 0.500. The van der Waals surface area contributed by atoms with Crippen molar-refractivity contribution in [2.45, 2.75) is 51.1 Å². The van der Waals surface area contributed by atoms with E-state index in [1.54, 1.807) is 12.1 Å². The first-order valence-corrected chi connectivity index (χ1v) is 7.45. The number of likely N-dealkylation sites (tertiary alicyclic amines) is 1. The number of benzene rings is 1. The molecule has 0 bridgehead atoms. The Morgan fingerprint density at radius 3 is 2.67 bits per heavy atom. The topological polar surface area (TPSA) is 49.4 Å². The van der Waals surface area contributed by atoms with Gasteiger partial charge in [0.05, 0.1) is 12.1 Å². The summed E-state index contributed by atoms with van der Waals surface area (Å²) in [5, 5.41) is 2.90. The van der Waals surface area contributed by atoms with Crippen LogP contribution in [0.2, 0.25) is 0 Å². The number of hydrogen-bond acceptors (Lipinski definition) is 3. The Morgan fingerprint density at radius 2 is 1.95 bits per heavy atom. The van der Waals surface area contributed by atoms with Crippen LogP contribution in [0.1, 0.15) is 37.7 Å². The molecule has 21 heavy (non-hydrogen) atoms. The van der Waals surface area contributed by atoms with Gasteiger partial charge in [-0.2, -0.15) is 0 Å². The number of carbonyl (C=O) groups is 2. The van der Waals surface area contributed by atoms with Crippen molar-refractivity contribution >= 4 is 17.5 Å². The van der Waals surface area contributed by atoms with Gasteiger partial charge in [0.25, 0.3) is 5.91 Å². The molecule has 2 amide bonds. The molecule has 2 aliphatic rings. The van der Waals surface area contributed by atoms with Crippen LogP contribution in [-0.2, 0) is 9.59 Å². The van der Waals surface area contributed by atoms with E-state index in [-0.39, 0.29) is 30.0 Å². The van der Waals surface area contributed by atoms with Gasteiger partial charge in [-0.1, -0.05) is 18.9 Å². The van der Waals surface area contributed by atoms with Gasteiger partial charge in [-0.25, -0.2) is 4.39 Å². The van der Waals surface area contributed by atoms with Gasteiger partial charge in [0.2, 0.25) is 5.91 Å². The largest absolute Gasteiger partial charge is 0.371 e. The van der Waals surface area contributed by atoms with Crippen molar-refractivity contribution in [2.75, 3.05) is 5.32 Å². The fourth-order valence-electron chi connectivity index (χ4n) is 3.25. The van der Waals surface area contributed by atoms with E-state index in [1.807, 2.05) is 6.92 Å². The minimum absolute atomic E-state index is 0.0409. The summed E-state index contributed by atoms with van der Waals surface area (Å²) < 4.78 is 13.8. The Balaban J connectivity index is 1.76. The SMILES string of the molecule is Cc1ccc(F)c(NC2CC(=O)N(C3CCCC3)C2=O)c1. The zero-order chi connectivity index (χ0) is 15.0. The number of anilines is 1. The van der Waals surface area contributed by atoms with Crippen LogP contribution >= 0.6 is 0 Å². The molecule has 1 atom stereocenters. The molecule has 1 aromatic carbocycles. The molecular formula is C16H19FN2O2. The van der Waals surface area contributed by atoms with E-state index in [4.69, 9.17) is 0 Å². The lowest BCUT2D eigenvalue weighted by atomic mass is 10.1. The summed E-state index contributed by atoms with van der Waals surface area (Å²) in [7, 11) is 0. The van der Waals surface area contributed by atoms with E-state index in [2.05, 4.69) is 5.32 Å². The van der Waals surface area contributed by atoms with E-state index in [1.165, 1.54) is 11.0 Å². The minimum Gasteiger partial charge on any atom is -0.371 e. The molecule has 0 radical (unpaired) electrons. The number of hydrogen-bond donors (Lipinski definition) is 1. The normalized spacial score (nSPS) is 23.1. The van der Waals surface area contributed by atoms with Crippen LogP contribution in [-0.4, -0.2) is 28.8 Å². The molecule has 1 aromatic rings. The highest BCUT2D eigenvalue weighted by Crippen LogP contribution is 2.29. The summed E-state index contributed by atoms with van der Waals surface area (Å²) in [6, 6.07) is 4.10. The smallest absolute Gasteiger partial charge is 0.252 e. The van der Waals surface area contributed by atoms with Crippen LogP contribution in [0.15, 0.2) is 18.2 Å². The number of halogens is 1. The second-order valence-corrected chi connectivity index (χ2v) is 5.92. The number of nitrogens with one attached hydrogen (secondary N) is 1. The molecule has 1 unspecified atom stereocenters. The van der Waals surface area contributed by atoms with Crippen molar-refractivity contribution < 1.29 is 14.0 Å². The summed E-state index contributed by atoms with van der Waals surface area (Å²) in [5.74, 6) is -0.759. The number of aryl methyl sites for hydroxylation is 1. The average molecular weight is 290 g/mol. The third-order valence-electron chi connectivity index (χ3n) is 4.32. The highest BCUT2D eigenvalue weighted by molar-refractivity contribution is 6.07. The monoisotopic (exact) mass is 290 g/mol. The zero-order valence-electron chi connectivity index (χ0n) is 12.1. The van der Waals surface area contributed by atoms with Gasteiger partial charge in [-0.15, -0.1) is 0 Å². The highest BCUT2D eigenvalue weighted by Gasteiger charge is 2.43. The van der Waals surface area contributed by atoms with Gasteiger partial charge >= 0.3 is 0 Å². The molecule has 4 nitrogen and oxygen atoms in total. The Morgan fingerprint density at radius 1 is 1.24 bits per heavy atom. The third kappa shape index (κ3) is 2.64. The number of amides is 2. The van der Waals surface area contributed by atoms with E-state index < -0.39 is 11.9 Å². The van der Waals surface area contributed by atoms with E-state index in [0.717, 1.165) is 31.2 Å². The van der Waals surface area contributed by atoms with Crippen molar-refractivity contribution in [1.82, 2.24) is 4.90 Å². The first kappa shape index (κ1) is 14.0. The van der Waals surface area contributed by atoms with Crippen LogP contribution in [0.4, 0.5) is 10.1 Å². The first-order valence-electron chi connectivity index (χ1n) is 7.45. The molecule has 1 saturated carbocycles. The Kier molecular flexibility index (Phi) is 3.66. The van der Waals surface area contributed by atoms with Crippen molar-refractivity contribution in [1.29, 1.82) is 0 Å². The van der Waals surface area contributed by atoms with Gasteiger partial charge < -0.3 is 5.32 Å². The molecule has 1 N–H and O–H groups in total. The second kappa shape index (κ2) is 5.47. The predicted molar refractivity (Wildman–Crippen MR) is 77.3 cm³/mol. The first-order chi connectivity index (χ1) is 10.1. The maximum Gasteiger partial charge on any atom is 0.252 e. The van der Waals surface area contributed by atoms with Crippen LogP contribution < -0.4 is 5.32 Å². The average Bonchev–Trinajstić information content (AvgIpc) is 3.03. The maximum atomic E-state index is 13.8. The molecule has 3 rings (SSSR count). The molecule has 5 heteroatoms. The molecule has 0 aromatic heterocycles. The maximum absolute atomic E-state index is 13.8. The molecule has 1 aliphatic heterocycles. The van der Waals surface area contributed by atoms with Crippen LogP contribution in [0.5, 0.6) is 0 Å². The summed E-state index contributed by atoms with van der Waals surface area (Å²) >= 11 is 0. The Labute approximate surface area is 123 Å². The molecule has 112 valence electrons. The van der Waals surface area contributed by atoms with E-state index in [9.17, 15) is 14.0 Å². The molecule has 1 heterocycles. The van der Waals surface area contributed by atoms with Crippen molar-refractivity contribution in [3.05, 3.63) is 29.6 Å². The third-order valence-corrected chi connectivity index (χ3v) is 4.32. The van der Waals surface area contributed by atoms with Gasteiger partial charge in [-0.05, 0) is 37.5 Å². The lowest BCUT2D eigenvalue weighted by molar-refractivity contribution is -0.141. The van der Waals surface area contributed by atoms with E-state index in [0.29, 0.717) is 0 Å². The summed E-state index contributed by atoms with van der Waals surface area (Å²) in [6.07, 6.45) is 4.02. The van der Waals surface area contributed by atoms with Crippen molar-refractivity contribution in [2.24, 2.45) is 0 Å². The Hall–Kier alpha value is -1.91. The lowest BCUT2D eigenvalue weighted by Crippen LogP contribution is -2.41. The van der Waals surface area contributed by atoms with Crippen LogP contribution in [0, 0.1) is 12.7 Å². The Bertz CT molecular complexity index is 582. The summed E-state index contributed by atoms with van der Waals surface area (Å²) in [6.45, 7) is 1.86. The number of imide groups is 1. The number of rotatable bonds is 3. The fourth-order valence-corrected chi connectivity index (χ4v) is 3.25. The van der Waals surface area contributed by atoms with E-state index >= 15 is 0 Å². The quantitative estimate of drug-likeness (QED) is 0.871. The number of nitrogens with zero attached hydrogens (tertiary/aromatic N) is 1. The predicted octanol–water partition coefficient (Wildman–Crippen LogP) is 2.62. The van der Waals surface area contributed by atoms with Crippen LogP contribution in [0.25, 0.3) is 0 Å². The zero-order valence-corrected chi connectivity index (χ0v) is 12.1. The lowest BCUT2D eigenvalue weighted by Gasteiger charge is -2.22. The second-order valence-electron chi connectivity index (χ2n) is 5.92. The van der Waals surface area contributed by atoms with Crippen molar-refractivity contribution in [3.8, 4) is 0 Å². The van der Waals surface area contributed by atoms with Gasteiger partial charge in [0, 0.05) is 6.04 Å².